The van der Waals surface area contributed by atoms with Gasteiger partial charge in [0.2, 0.25) is 0 Å². The third-order valence-electron chi connectivity index (χ3n) is 4.85. The topological polar surface area (TPSA) is 89.4 Å². The number of carbonyl (C=O) groups excluding carboxylic acids is 2. The Bertz CT molecular complexity index is 865. The van der Waals surface area contributed by atoms with E-state index in [9.17, 15) is 14.0 Å². The standard InChI is InChI=1S/C20H26FN5O3/c1-13-6-14(2)8-15(7-13)20(28)26-10-16(21)9-17(26)11-25-12-18(23-24-25)19(27)22-4-5-29-3/h6-8,12,16-17H,4-5,9-11H2,1-3H3,(H,22,27). The number of hydrogen-bond donors (Lipinski definition) is 1. The van der Waals surface area contributed by atoms with E-state index in [1.54, 1.807) is 12.0 Å². The molecule has 156 valence electrons. The molecule has 1 saturated heterocycles. The van der Waals surface area contributed by atoms with Gasteiger partial charge in [0.1, 0.15) is 6.17 Å². The number of rotatable bonds is 7. The second kappa shape index (κ2) is 9.13. The Balaban J connectivity index is 1.69. The summed E-state index contributed by atoms with van der Waals surface area (Å²) in [5.74, 6) is -0.550. The van der Waals surface area contributed by atoms with Crippen molar-refractivity contribution in [2.45, 2.75) is 39.0 Å². The summed E-state index contributed by atoms with van der Waals surface area (Å²) in [7, 11) is 1.55. The number of likely N-dealkylation sites (tertiary alicyclic amines) is 1. The number of benzene rings is 1. The number of ether oxygens (including phenoxy) is 1. The van der Waals surface area contributed by atoms with E-state index in [-0.39, 0.29) is 43.1 Å². The third-order valence-corrected chi connectivity index (χ3v) is 4.85. The first-order valence-electron chi connectivity index (χ1n) is 9.58. The van der Waals surface area contributed by atoms with Crippen LogP contribution in [-0.4, -0.2) is 70.7 Å². The van der Waals surface area contributed by atoms with E-state index in [0.29, 0.717) is 18.7 Å². The highest BCUT2D eigenvalue weighted by Gasteiger charge is 2.36. The molecule has 1 N–H and O–H groups in total. The molecule has 2 atom stereocenters. The summed E-state index contributed by atoms with van der Waals surface area (Å²) >= 11 is 0. The molecule has 1 aromatic heterocycles. The summed E-state index contributed by atoms with van der Waals surface area (Å²) < 4.78 is 20.5. The van der Waals surface area contributed by atoms with Gasteiger partial charge in [-0.05, 0) is 26.0 Å². The molecule has 2 amide bonds. The summed E-state index contributed by atoms with van der Waals surface area (Å²) in [6.07, 6.45) is 0.647. The van der Waals surface area contributed by atoms with E-state index in [0.717, 1.165) is 11.1 Å². The van der Waals surface area contributed by atoms with Crippen molar-refractivity contribution in [3.05, 3.63) is 46.8 Å². The van der Waals surface area contributed by atoms with E-state index in [1.165, 1.54) is 10.9 Å². The Labute approximate surface area is 169 Å². The van der Waals surface area contributed by atoms with E-state index in [4.69, 9.17) is 4.74 Å². The number of aromatic nitrogens is 3. The van der Waals surface area contributed by atoms with Crippen LogP contribution in [0.25, 0.3) is 0 Å². The van der Waals surface area contributed by atoms with E-state index < -0.39 is 6.17 Å². The fourth-order valence-electron chi connectivity index (χ4n) is 3.61. The van der Waals surface area contributed by atoms with E-state index in [1.807, 2.05) is 32.0 Å². The van der Waals surface area contributed by atoms with Crippen molar-refractivity contribution >= 4 is 11.8 Å². The van der Waals surface area contributed by atoms with Crippen LogP contribution in [0.4, 0.5) is 4.39 Å². The van der Waals surface area contributed by atoms with E-state index >= 15 is 0 Å². The first kappa shape index (κ1) is 20.9. The Morgan fingerprint density at radius 3 is 2.69 bits per heavy atom. The molecule has 29 heavy (non-hydrogen) atoms. The molecule has 0 spiro atoms. The fraction of sp³-hybridized carbons (Fsp3) is 0.500. The summed E-state index contributed by atoms with van der Waals surface area (Å²) in [4.78, 5) is 26.6. The second-order valence-corrected chi connectivity index (χ2v) is 7.40. The lowest BCUT2D eigenvalue weighted by Crippen LogP contribution is -2.38. The quantitative estimate of drug-likeness (QED) is 0.708. The molecular weight excluding hydrogens is 377 g/mol. The largest absolute Gasteiger partial charge is 0.383 e. The smallest absolute Gasteiger partial charge is 0.273 e. The average molecular weight is 403 g/mol. The molecule has 3 rings (SSSR count). The zero-order chi connectivity index (χ0) is 21.0. The Kier molecular flexibility index (Phi) is 6.58. The monoisotopic (exact) mass is 403 g/mol. The maximum atomic E-state index is 14.2. The van der Waals surface area contributed by atoms with Gasteiger partial charge in [0.25, 0.3) is 11.8 Å². The molecule has 0 radical (unpaired) electrons. The van der Waals surface area contributed by atoms with Crippen molar-refractivity contribution in [1.29, 1.82) is 0 Å². The second-order valence-electron chi connectivity index (χ2n) is 7.40. The number of aryl methyl sites for hydroxylation is 2. The number of amides is 2. The van der Waals surface area contributed by atoms with Crippen LogP contribution in [0.2, 0.25) is 0 Å². The fourth-order valence-corrected chi connectivity index (χ4v) is 3.61. The van der Waals surface area contributed by atoms with Gasteiger partial charge in [-0.25, -0.2) is 9.07 Å². The van der Waals surface area contributed by atoms with Gasteiger partial charge in [0.05, 0.1) is 31.9 Å². The first-order chi connectivity index (χ1) is 13.9. The zero-order valence-corrected chi connectivity index (χ0v) is 16.9. The lowest BCUT2D eigenvalue weighted by molar-refractivity contribution is 0.0714. The molecule has 9 heteroatoms. The van der Waals surface area contributed by atoms with Crippen LogP contribution in [0.15, 0.2) is 24.4 Å². The van der Waals surface area contributed by atoms with Gasteiger partial charge in [0, 0.05) is 25.6 Å². The highest BCUT2D eigenvalue weighted by atomic mass is 19.1. The van der Waals surface area contributed by atoms with Crippen molar-refractivity contribution in [1.82, 2.24) is 25.2 Å². The Morgan fingerprint density at radius 1 is 1.28 bits per heavy atom. The first-order valence-corrected chi connectivity index (χ1v) is 9.58. The van der Waals surface area contributed by atoms with Gasteiger partial charge in [-0.3, -0.25) is 9.59 Å². The molecule has 2 aromatic rings. The number of carbonyl (C=O) groups is 2. The molecule has 0 bridgehead atoms. The van der Waals surface area contributed by atoms with Crippen molar-refractivity contribution in [2.24, 2.45) is 0 Å². The highest BCUT2D eigenvalue weighted by molar-refractivity contribution is 5.95. The van der Waals surface area contributed by atoms with Crippen molar-refractivity contribution in [3.63, 3.8) is 0 Å². The lowest BCUT2D eigenvalue weighted by Gasteiger charge is -2.24. The molecular formula is C20H26FN5O3. The van der Waals surface area contributed by atoms with Crippen LogP contribution in [0.1, 0.15) is 38.4 Å². The summed E-state index contributed by atoms with van der Waals surface area (Å²) in [5, 5.41) is 10.5. The minimum absolute atomic E-state index is 0.0511. The summed E-state index contributed by atoms with van der Waals surface area (Å²) in [6.45, 7) is 4.95. The number of hydrogen-bond acceptors (Lipinski definition) is 5. The van der Waals surface area contributed by atoms with E-state index in [2.05, 4.69) is 15.6 Å². The van der Waals surface area contributed by atoms with Gasteiger partial charge in [-0.1, -0.05) is 22.4 Å². The van der Waals surface area contributed by atoms with Gasteiger partial charge < -0.3 is 15.0 Å². The molecule has 1 aromatic carbocycles. The van der Waals surface area contributed by atoms with Crippen LogP contribution in [0.5, 0.6) is 0 Å². The zero-order valence-electron chi connectivity index (χ0n) is 16.9. The van der Waals surface area contributed by atoms with Crippen LogP contribution in [0, 0.1) is 13.8 Å². The number of halogens is 1. The number of nitrogens with one attached hydrogen (secondary N) is 1. The van der Waals surface area contributed by atoms with Crippen LogP contribution in [0.3, 0.4) is 0 Å². The molecule has 2 unspecified atom stereocenters. The van der Waals surface area contributed by atoms with Gasteiger partial charge in [-0.2, -0.15) is 0 Å². The minimum Gasteiger partial charge on any atom is -0.383 e. The lowest BCUT2D eigenvalue weighted by atomic mass is 10.1. The van der Waals surface area contributed by atoms with Gasteiger partial charge in [-0.15, -0.1) is 5.10 Å². The summed E-state index contributed by atoms with van der Waals surface area (Å²) in [6, 6.07) is 5.26. The molecule has 0 aliphatic carbocycles. The molecule has 1 aliphatic rings. The molecule has 2 heterocycles. The summed E-state index contributed by atoms with van der Waals surface area (Å²) in [5.41, 5.74) is 2.70. The van der Waals surface area contributed by atoms with Crippen molar-refractivity contribution in [2.75, 3.05) is 26.8 Å². The highest BCUT2D eigenvalue weighted by Crippen LogP contribution is 2.24. The number of methoxy groups -OCH3 is 1. The van der Waals surface area contributed by atoms with Crippen LogP contribution in [-0.2, 0) is 11.3 Å². The number of alkyl halides is 1. The molecule has 1 fully saturated rings. The van der Waals surface area contributed by atoms with Crippen molar-refractivity contribution < 1.29 is 18.7 Å². The SMILES string of the molecule is COCCNC(=O)c1cn(CC2CC(F)CN2C(=O)c2cc(C)cc(C)c2)nn1. The Hall–Kier alpha value is -2.81. The van der Waals surface area contributed by atoms with Crippen LogP contribution < -0.4 is 5.32 Å². The molecule has 8 nitrogen and oxygen atoms in total. The predicted octanol–water partition coefficient (Wildman–Crippen LogP) is 1.52. The van der Waals surface area contributed by atoms with Crippen molar-refractivity contribution in [3.8, 4) is 0 Å². The number of nitrogens with zero attached hydrogens (tertiary/aromatic N) is 4. The van der Waals surface area contributed by atoms with Gasteiger partial charge in [0.15, 0.2) is 5.69 Å². The van der Waals surface area contributed by atoms with Crippen LogP contribution >= 0.6 is 0 Å². The predicted molar refractivity (Wildman–Crippen MR) is 104 cm³/mol. The Morgan fingerprint density at radius 2 is 2.00 bits per heavy atom. The molecule has 1 aliphatic heterocycles. The minimum atomic E-state index is -1.09. The maximum absolute atomic E-state index is 14.2. The molecule has 0 saturated carbocycles. The third kappa shape index (κ3) is 5.17. The van der Waals surface area contributed by atoms with Gasteiger partial charge >= 0.3 is 0 Å². The normalized spacial score (nSPS) is 18.8. The maximum Gasteiger partial charge on any atom is 0.273 e. The average Bonchev–Trinajstić information content (AvgIpc) is 3.27.